The van der Waals surface area contributed by atoms with Crippen LogP contribution in [0.15, 0.2) is 12.1 Å². The number of amides is 1. The van der Waals surface area contributed by atoms with Crippen LogP contribution in [-0.4, -0.2) is 17.2 Å². The van der Waals surface area contributed by atoms with E-state index in [4.69, 9.17) is 22.8 Å². The van der Waals surface area contributed by atoms with Gasteiger partial charge in [-0.3, -0.25) is 9.69 Å². The molecule has 3 atom stereocenters. The average molecular weight is 324 g/mol. The van der Waals surface area contributed by atoms with E-state index < -0.39 is 12.0 Å². The van der Waals surface area contributed by atoms with Crippen LogP contribution in [0.3, 0.4) is 0 Å². The number of anilines is 1. The Bertz CT molecular complexity index is 658. The molecular formula is C16H15ClFNO3. The van der Waals surface area contributed by atoms with Crippen LogP contribution in [0.2, 0.25) is 5.02 Å². The molecule has 1 aromatic rings. The summed E-state index contributed by atoms with van der Waals surface area (Å²) in [7, 11) is 0. The first-order valence-electron chi connectivity index (χ1n) is 7.17. The van der Waals surface area contributed by atoms with Crippen LogP contribution in [0.25, 0.3) is 0 Å². The lowest BCUT2D eigenvalue weighted by molar-refractivity contribution is -0.121. The van der Waals surface area contributed by atoms with Crippen LogP contribution in [-0.2, 0) is 4.79 Å². The van der Waals surface area contributed by atoms with Crippen molar-refractivity contribution < 1.29 is 19.0 Å². The molecule has 6 heteroatoms. The molecule has 0 aromatic heterocycles. The summed E-state index contributed by atoms with van der Waals surface area (Å²) in [5.41, 5.74) is -0.0541. The van der Waals surface area contributed by atoms with Crippen LogP contribution in [0, 0.1) is 30.2 Å². The zero-order chi connectivity index (χ0) is 15.9. The number of fused-ring (bicyclic) bond motifs is 1. The van der Waals surface area contributed by atoms with Gasteiger partial charge in [0.1, 0.15) is 18.2 Å². The van der Waals surface area contributed by atoms with Gasteiger partial charge in [0.15, 0.2) is 5.75 Å². The lowest BCUT2D eigenvalue weighted by atomic mass is 9.81. The Morgan fingerprint density at radius 2 is 2.14 bits per heavy atom. The quantitative estimate of drug-likeness (QED) is 0.851. The van der Waals surface area contributed by atoms with Crippen molar-refractivity contribution in [2.24, 2.45) is 11.8 Å². The number of carbonyl (C=O) groups is 1. The fourth-order valence-electron chi connectivity index (χ4n) is 3.43. The topological polar surface area (TPSA) is 49.8 Å². The predicted octanol–water partition coefficient (Wildman–Crippen LogP) is 2.92. The van der Waals surface area contributed by atoms with Gasteiger partial charge in [-0.25, -0.2) is 4.39 Å². The normalized spacial score (nSPS) is 27.5. The molecule has 1 amide bonds. The molecule has 0 bridgehead atoms. The van der Waals surface area contributed by atoms with Crippen LogP contribution >= 0.6 is 11.6 Å². The van der Waals surface area contributed by atoms with Crippen LogP contribution < -0.4 is 9.64 Å². The minimum absolute atomic E-state index is 0.0118. The fraction of sp³-hybridized carbons (Fsp3) is 0.438. The van der Waals surface area contributed by atoms with Gasteiger partial charge in [0, 0.05) is 17.9 Å². The molecule has 2 aliphatic rings. The fourth-order valence-corrected chi connectivity index (χ4v) is 3.62. The summed E-state index contributed by atoms with van der Waals surface area (Å²) in [6.45, 7) is 0. The molecule has 2 fully saturated rings. The van der Waals surface area contributed by atoms with Crippen molar-refractivity contribution in [3.63, 3.8) is 0 Å². The van der Waals surface area contributed by atoms with E-state index in [0.29, 0.717) is 0 Å². The largest absolute Gasteiger partial charge is 0.406 e. The molecule has 1 heterocycles. The number of carbonyl (C=O) groups excluding carboxylic acids is 1. The van der Waals surface area contributed by atoms with Crippen molar-refractivity contribution >= 4 is 23.2 Å². The van der Waals surface area contributed by atoms with E-state index in [2.05, 4.69) is 0 Å². The highest BCUT2D eigenvalue weighted by molar-refractivity contribution is 6.32. The number of nitrogens with zero attached hydrogens (tertiary/aromatic N) is 1. The minimum atomic E-state index is -1.04. The Balaban J connectivity index is 2.01. The maximum absolute atomic E-state index is 14.3. The molecule has 22 heavy (non-hydrogen) atoms. The Morgan fingerprint density at radius 3 is 2.82 bits per heavy atom. The number of aliphatic hydroxyl groups excluding tert-OH is 1. The molecular weight excluding hydrogens is 309 g/mol. The number of ether oxygens (including phenoxy) is 1. The zero-order valence-corrected chi connectivity index (χ0v) is 12.5. The van der Waals surface area contributed by atoms with E-state index in [1.807, 2.05) is 6.11 Å². The molecule has 0 radical (unpaired) electrons. The molecule has 1 aromatic carbocycles. The van der Waals surface area contributed by atoms with Gasteiger partial charge in [0.05, 0.1) is 10.7 Å². The van der Waals surface area contributed by atoms with Crippen LogP contribution in [0.1, 0.15) is 25.7 Å². The molecule has 1 aliphatic carbocycles. The molecule has 0 spiro atoms. The van der Waals surface area contributed by atoms with Crippen molar-refractivity contribution in [2.45, 2.75) is 31.9 Å². The first kappa shape index (κ1) is 15.1. The van der Waals surface area contributed by atoms with Gasteiger partial charge in [-0.2, -0.15) is 0 Å². The second-order valence-corrected chi connectivity index (χ2v) is 6.04. The van der Waals surface area contributed by atoms with Crippen molar-refractivity contribution in [3.05, 3.63) is 23.0 Å². The summed E-state index contributed by atoms with van der Waals surface area (Å²) in [6, 6.07) is 2.29. The third-order valence-electron chi connectivity index (χ3n) is 4.45. The first-order valence-corrected chi connectivity index (χ1v) is 7.55. The number of rotatable bonds is 2. The van der Waals surface area contributed by atoms with Gasteiger partial charge < -0.3 is 9.84 Å². The highest BCUT2D eigenvalue weighted by Gasteiger charge is 2.49. The van der Waals surface area contributed by atoms with Crippen molar-refractivity contribution in [1.82, 2.24) is 0 Å². The molecule has 116 valence electrons. The standard InChI is InChI=1S/C16H15ClFNO3/c1-2-22-14-8-13(12(18)7-11(14)17)19-15(20)9-5-3-4-6-10(9)16(19)21/h1,7-10,15,20H,3-6H2. The third kappa shape index (κ3) is 2.33. The van der Waals surface area contributed by atoms with E-state index >= 15 is 0 Å². The average Bonchev–Trinajstić information content (AvgIpc) is 2.75. The lowest BCUT2D eigenvalue weighted by Gasteiger charge is -2.25. The van der Waals surface area contributed by atoms with E-state index in [1.165, 1.54) is 6.07 Å². The second kappa shape index (κ2) is 5.79. The third-order valence-corrected chi connectivity index (χ3v) is 4.75. The highest BCUT2D eigenvalue weighted by atomic mass is 35.5. The molecule has 1 aliphatic heterocycles. The maximum atomic E-state index is 14.3. The van der Waals surface area contributed by atoms with Gasteiger partial charge in [0.25, 0.3) is 0 Å². The Kier molecular flexibility index (Phi) is 3.98. The molecule has 1 saturated heterocycles. The molecule has 4 nitrogen and oxygen atoms in total. The highest BCUT2D eigenvalue weighted by Crippen LogP contribution is 2.44. The van der Waals surface area contributed by atoms with Gasteiger partial charge >= 0.3 is 0 Å². The summed E-state index contributed by atoms with van der Waals surface area (Å²) in [6.07, 6.45) is 9.39. The smallest absolute Gasteiger partial charge is 0.232 e. The van der Waals surface area contributed by atoms with Gasteiger partial charge in [-0.15, -0.1) is 0 Å². The zero-order valence-electron chi connectivity index (χ0n) is 11.8. The van der Waals surface area contributed by atoms with E-state index in [1.54, 1.807) is 0 Å². The Hall–Kier alpha value is -1.77. The summed E-state index contributed by atoms with van der Waals surface area (Å²) in [5, 5.41) is 10.5. The molecule has 1 N–H and O–H groups in total. The number of halogens is 2. The van der Waals surface area contributed by atoms with Gasteiger partial charge in [-0.1, -0.05) is 30.9 Å². The molecule has 3 rings (SSSR count). The van der Waals surface area contributed by atoms with Gasteiger partial charge in [0.2, 0.25) is 5.91 Å². The van der Waals surface area contributed by atoms with Crippen molar-refractivity contribution in [3.8, 4) is 18.3 Å². The SMILES string of the molecule is C#COc1cc(N2C(=O)C3CCCCC3C2O)c(F)cc1Cl. The van der Waals surface area contributed by atoms with Crippen LogP contribution in [0.5, 0.6) is 5.75 Å². The summed E-state index contributed by atoms with van der Waals surface area (Å²) < 4.78 is 19.1. The summed E-state index contributed by atoms with van der Waals surface area (Å²) in [4.78, 5) is 13.6. The summed E-state index contributed by atoms with van der Waals surface area (Å²) in [5.74, 6) is -1.29. The van der Waals surface area contributed by atoms with E-state index in [-0.39, 0.29) is 34.2 Å². The second-order valence-electron chi connectivity index (χ2n) is 5.63. The van der Waals surface area contributed by atoms with E-state index in [0.717, 1.165) is 36.6 Å². The monoisotopic (exact) mass is 323 g/mol. The van der Waals surface area contributed by atoms with E-state index in [9.17, 15) is 14.3 Å². The number of aliphatic hydroxyl groups is 1. The van der Waals surface area contributed by atoms with Crippen molar-refractivity contribution in [2.75, 3.05) is 4.90 Å². The number of hydrogen-bond donors (Lipinski definition) is 1. The maximum Gasteiger partial charge on any atom is 0.232 e. The summed E-state index contributed by atoms with van der Waals surface area (Å²) >= 11 is 5.86. The Morgan fingerprint density at radius 1 is 1.41 bits per heavy atom. The van der Waals surface area contributed by atoms with Crippen molar-refractivity contribution in [1.29, 1.82) is 0 Å². The first-order chi connectivity index (χ1) is 10.5. The lowest BCUT2D eigenvalue weighted by Crippen LogP contribution is -2.35. The number of benzene rings is 1. The number of terminal acetylenes is 1. The number of hydrogen-bond acceptors (Lipinski definition) is 3. The molecule has 3 unspecified atom stereocenters. The Labute approximate surface area is 132 Å². The van der Waals surface area contributed by atoms with Crippen LogP contribution in [0.4, 0.5) is 10.1 Å². The minimum Gasteiger partial charge on any atom is -0.406 e. The van der Waals surface area contributed by atoms with Gasteiger partial charge in [-0.05, 0) is 18.9 Å². The predicted molar refractivity (Wildman–Crippen MR) is 79.8 cm³/mol. The molecule has 1 saturated carbocycles.